The summed E-state index contributed by atoms with van der Waals surface area (Å²) in [4.78, 5) is 16.5. The van der Waals surface area contributed by atoms with Crippen LogP contribution in [0.5, 0.6) is 0 Å². The lowest BCUT2D eigenvalue weighted by Gasteiger charge is -2.07. The van der Waals surface area contributed by atoms with Crippen LogP contribution in [0.3, 0.4) is 0 Å². The Bertz CT molecular complexity index is 906. The largest absolute Gasteiger partial charge is 0.355 e. The first-order valence-corrected chi connectivity index (χ1v) is 9.16. The molecule has 130 valence electrons. The van der Waals surface area contributed by atoms with Crippen molar-refractivity contribution in [1.82, 2.24) is 24.9 Å². The van der Waals surface area contributed by atoms with Gasteiger partial charge in [0.2, 0.25) is 5.91 Å². The molecule has 0 bridgehead atoms. The van der Waals surface area contributed by atoms with Crippen molar-refractivity contribution < 1.29 is 4.79 Å². The molecule has 0 radical (unpaired) electrons. The van der Waals surface area contributed by atoms with Crippen molar-refractivity contribution in [2.45, 2.75) is 32.3 Å². The number of thioether (sulfide) groups is 1. The van der Waals surface area contributed by atoms with Crippen LogP contribution >= 0.6 is 11.8 Å². The van der Waals surface area contributed by atoms with Crippen LogP contribution in [0.2, 0.25) is 0 Å². The zero-order valence-electron chi connectivity index (χ0n) is 14.6. The molecule has 1 aromatic carbocycles. The Hall–Kier alpha value is -2.41. The van der Waals surface area contributed by atoms with Gasteiger partial charge >= 0.3 is 0 Å². The number of rotatable bonds is 6. The first-order valence-electron chi connectivity index (χ1n) is 8.18. The van der Waals surface area contributed by atoms with Crippen molar-refractivity contribution in [3.8, 4) is 0 Å². The molecule has 3 rings (SSSR count). The first-order chi connectivity index (χ1) is 12.0. The zero-order valence-corrected chi connectivity index (χ0v) is 15.4. The second-order valence-electron chi connectivity index (χ2n) is 5.94. The van der Waals surface area contributed by atoms with Gasteiger partial charge in [0, 0.05) is 18.3 Å². The summed E-state index contributed by atoms with van der Waals surface area (Å²) in [6.07, 6.45) is 0.833. The van der Waals surface area contributed by atoms with Gasteiger partial charge in [0.25, 0.3) is 0 Å². The summed E-state index contributed by atoms with van der Waals surface area (Å²) in [6.45, 7) is 6.55. The number of hydrogen-bond donors (Lipinski definition) is 1. The van der Waals surface area contributed by atoms with Gasteiger partial charge in [-0.05, 0) is 38.3 Å². The molecule has 2 heterocycles. The van der Waals surface area contributed by atoms with E-state index in [0.29, 0.717) is 17.5 Å². The number of nitrogens with one attached hydrogen (secondary N) is 1. The van der Waals surface area contributed by atoms with E-state index in [1.54, 1.807) is 0 Å². The lowest BCUT2D eigenvalue weighted by molar-refractivity contribution is -0.118. The van der Waals surface area contributed by atoms with E-state index < -0.39 is 0 Å². The Balaban J connectivity index is 1.54. The summed E-state index contributed by atoms with van der Waals surface area (Å²) in [7, 11) is 0. The van der Waals surface area contributed by atoms with Crippen LogP contribution in [0.1, 0.15) is 22.6 Å². The van der Waals surface area contributed by atoms with Crippen molar-refractivity contribution in [2.75, 3.05) is 12.3 Å². The van der Waals surface area contributed by atoms with Gasteiger partial charge in [0.1, 0.15) is 5.82 Å². The summed E-state index contributed by atoms with van der Waals surface area (Å²) in [5.41, 5.74) is 4.17. The summed E-state index contributed by atoms with van der Waals surface area (Å²) < 4.78 is 1.87. The standard InChI is InChI=1S/C18H21N5OS/c1-12-6-4-5-7-15(12)8-9-19-17(24)11-25-18-22-21-16-10-13(2)20-14(3)23(16)18/h4-7,10H,8-9,11H2,1-3H3,(H,19,24). The molecule has 6 nitrogen and oxygen atoms in total. The van der Waals surface area contributed by atoms with Crippen LogP contribution in [0.15, 0.2) is 35.5 Å². The maximum Gasteiger partial charge on any atom is 0.230 e. The fourth-order valence-electron chi connectivity index (χ4n) is 2.71. The van der Waals surface area contributed by atoms with Gasteiger partial charge in [-0.1, -0.05) is 36.0 Å². The Labute approximate surface area is 151 Å². The molecule has 0 aliphatic heterocycles. The molecule has 1 N–H and O–H groups in total. The summed E-state index contributed by atoms with van der Waals surface area (Å²) in [5, 5.41) is 12.0. The summed E-state index contributed by atoms with van der Waals surface area (Å²) >= 11 is 1.37. The monoisotopic (exact) mass is 355 g/mol. The number of nitrogens with zero attached hydrogens (tertiary/aromatic N) is 4. The van der Waals surface area contributed by atoms with E-state index in [-0.39, 0.29) is 5.91 Å². The highest BCUT2D eigenvalue weighted by Crippen LogP contribution is 2.18. The van der Waals surface area contributed by atoms with E-state index in [1.807, 2.05) is 36.4 Å². The topological polar surface area (TPSA) is 72.2 Å². The predicted molar refractivity (Wildman–Crippen MR) is 98.9 cm³/mol. The SMILES string of the molecule is Cc1cc2nnc(SCC(=O)NCCc3ccccc3C)n2c(C)n1. The molecular weight excluding hydrogens is 334 g/mol. The van der Waals surface area contributed by atoms with Gasteiger partial charge in [0.15, 0.2) is 10.8 Å². The van der Waals surface area contributed by atoms with E-state index in [2.05, 4.69) is 39.6 Å². The Morgan fingerprint density at radius 1 is 1.20 bits per heavy atom. The molecule has 0 saturated carbocycles. The van der Waals surface area contributed by atoms with Crippen molar-refractivity contribution in [1.29, 1.82) is 0 Å². The van der Waals surface area contributed by atoms with E-state index >= 15 is 0 Å². The Morgan fingerprint density at radius 2 is 2.00 bits per heavy atom. The molecule has 0 fully saturated rings. The number of benzene rings is 1. The summed E-state index contributed by atoms with van der Waals surface area (Å²) in [6, 6.07) is 10.1. The third kappa shape index (κ3) is 4.17. The lowest BCUT2D eigenvalue weighted by atomic mass is 10.1. The van der Waals surface area contributed by atoms with Gasteiger partial charge in [-0.15, -0.1) is 10.2 Å². The minimum absolute atomic E-state index is 0.00643. The van der Waals surface area contributed by atoms with E-state index in [1.165, 1.54) is 22.9 Å². The lowest BCUT2D eigenvalue weighted by Crippen LogP contribution is -2.27. The average molecular weight is 355 g/mol. The molecule has 0 spiro atoms. The normalized spacial score (nSPS) is 11.0. The van der Waals surface area contributed by atoms with Gasteiger partial charge in [-0.25, -0.2) is 4.98 Å². The molecule has 0 atom stereocenters. The summed E-state index contributed by atoms with van der Waals surface area (Å²) in [5.74, 6) is 1.12. The minimum Gasteiger partial charge on any atom is -0.355 e. The molecule has 2 aromatic heterocycles. The molecule has 25 heavy (non-hydrogen) atoms. The number of amides is 1. The molecular formula is C18H21N5OS. The number of aryl methyl sites for hydroxylation is 3. The van der Waals surface area contributed by atoms with Crippen LogP contribution < -0.4 is 5.32 Å². The highest BCUT2D eigenvalue weighted by Gasteiger charge is 2.12. The molecule has 7 heteroatoms. The second kappa shape index (κ2) is 7.65. The van der Waals surface area contributed by atoms with Crippen molar-refractivity contribution in [2.24, 2.45) is 0 Å². The van der Waals surface area contributed by atoms with Gasteiger partial charge in [-0.2, -0.15) is 0 Å². The van der Waals surface area contributed by atoms with Crippen molar-refractivity contribution in [3.05, 3.63) is 53.0 Å². The van der Waals surface area contributed by atoms with E-state index in [0.717, 1.165) is 23.6 Å². The van der Waals surface area contributed by atoms with Gasteiger partial charge in [-0.3, -0.25) is 9.20 Å². The maximum absolute atomic E-state index is 12.1. The molecule has 3 aromatic rings. The zero-order chi connectivity index (χ0) is 17.8. The van der Waals surface area contributed by atoms with Crippen LogP contribution in [0, 0.1) is 20.8 Å². The third-order valence-corrected chi connectivity index (χ3v) is 4.90. The average Bonchev–Trinajstić information content (AvgIpc) is 2.98. The fourth-order valence-corrected chi connectivity index (χ4v) is 3.52. The maximum atomic E-state index is 12.1. The Morgan fingerprint density at radius 3 is 2.80 bits per heavy atom. The van der Waals surface area contributed by atoms with Crippen LogP contribution in [0.4, 0.5) is 0 Å². The Kier molecular flexibility index (Phi) is 5.33. The minimum atomic E-state index is -0.00643. The number of hydrogen-bond acceptors (Lipinski definition) is 5. The van der Waals surface area contributed by atoms with Crippen LogP contribution in [-0.4, -0.2) is 37.8 Å². The highest BCUT2D eigenvalue weighted by molar-refractivity contribution is 7.99. The van der Waals surface area contributed by atoms with Crippen molar-refractivity contribution >= 4 is 23.3 Å². The molecule has 0 aliphatic carbocycles. The number of fused-ring (bicyclic) bond motifs is 1. The quantitative estimate of drug-likeness (QED) is 0.688. The fraction of sp³-hybridized carbons (Fsp3) is 0.333. The third-order valence-electron chi connectivity index (χ3n) is 3.97. The highest BCUT2D eigenvalue weighted by atomic mass is 32.2. The smallest absolute Gasteiger partial charge is 0.230 e. The van der Waals surface area contributed by atoms with E-state index in [4.69, 9.17) is 0 Å². The first kappa shape index (κ1) is 17.4. The second-order valence-corrected chi connectivity index (χ2v) is 6.88. The molecule has 1 amide bonds. The molecule has 0 aliphatic rings. The number of carbonyl (C=O) groups excluding carboxylic acids is 1. The predicted octanol–water partition coefficient (Wildman–Crippen LogP) is 2.50. The number of carbonyl (C=O) groups is 1. The molecule has 0 saturated heterocycles. The van der Waals surface area contributed by atoms with E-state index in [9.17, 15) is 4.79 Å². The van der Waals surface area contributed by atoms with Crippen LogP contribution in [0.25, 0.3) is 5.65 Å². The number of aromatic nitrogens is 4. The van der Waals surface area contributed by atoms with Crippen LogP contribution in [-0.2, 0) is 11.2 Å². The van der Waals surface area contributed by atoms with Gasteiger partial charge < -0.3 is 5.32 Å². The van der Waals surface area contributed by atoms with Gasteiger partial charge in [0.05, 0.1) is 5.75 Å². The van der Waals surface area contributed by atoms with Crippen molar-refractivity contribution in [3.63, 3.8) is 0 Å². The molecule has 0 unspecified atom stereocenters.